The third-order valence-electron chi connectivity index (χ3n) is 4.50. The van der Waals surface area contributed by atoms with Crippen molar-refractivity contribution in [3.8, 4) is 17.2 Å². The van der Waals surface area contributed by atoms with E-state index in [4.69, 9.17) is 14.2 Å². The van der Waals surface area contributed by atoms with E-state index in [-0.39, 0.29) is 11.3 Å². The lowest BCUT2D eigenvalue weighted by Crippen LogP contribution is -2.28. The molecule has 9 nitrogen and oxygen atoms in total. The summed E-state index contributed by atoms with van der Waals surface area (Å²) >= 11 is 0. The highest BCUT2D eigenvalue weighted by atomic mass is 16.5. The van der Waals surface area contributed by atoms with Crippen LogP contribution in [0.3, 0.4) is 0 Å². The minimum atomic E-state index is -0.545. The minimum absolute atomic E-state index is 0.109. The number of amides is 1. The topological polar surface area (TPSA) is 104 Å². The van der Waals surface area contributed by atoms with Gasteiger partial charge in [0, 0.05) is 24.1 Å². The van der Waals surface area contributed by atoms with Crippen LogP contribution in [0.2, 0.25) is 0 Å². The first-order chi connectivity index (χ1) is 14.5. The molecule has 156 valence electrons. The van der Waals surface area contributed by atoms with Gasteiger partial charge in [0.05, 0.1) is 38.5 Å². The number of benzene rings is 2. The lowest BCUT2D eigenvalue weighted by atomic mass is 10.1. The lowest BCUT2D eigenvalue weighted by Gasteiger charge is -2.12. The molecule has 1 N–H and O–H groups in total. The predicted molar refractivity (Wildman–Crippen MR) is 113 cm³/mol. The highest BCUT2D eigenvalue weighted by Crippen LogP contribution is 2.32. The Balaban J connectivity index is 1.94. The maximum atomic E-state index is 12.8. The summed E-state index contributed by atoms with van der Waals surface area (Å²) in [5.41, 5.74) is 2.84. The lowest BCUT2D eigenvalue weighted by molar-refractivity contribution is 0.0949. The second-order valence-corrected chi connectivity index (χ2v) is 6.16. The summed E-state index contributed by atoms with van der Waals surface area (Å²) in [7, 11) is 4.55. The molecule has 1 amide bonds. The zero-order valence-corrected chi connectivity index (χ0v) is 17.1. The number of methoxy groups -OCH3 is 3. The molecule has 2 aromatic carbocycles. The molecule has 0 saturated carbocycles. The van der Waals surface area contributed by atoms with Gasteiger partial charge in [-0.05, 0) is 13.0 Å². The van der Waals surface area contributed by atoms with Crippen LogP contribution >= 0.6 is 0 Å². The fraction of sp³-hybridized carbons (Fsp3) is 0.238. The van der Waals surface area contributed by atoms with Crippen molar-refractivity contribution in [2.24, 2.45) is 5.10 Å². The van der Waals surface area contributed by atoms with Gasteiger partial charge in [-0.1, -0.05) is 18.2 Å². The first-order valence-electron chi connectivity index (χ1n) is 9.17. The number of aromatic nitrogens is 2. The van der Waals surface area contributed by atoms with E-state index in [1.807, 2.05) is 0 Å². The fourth-order valence-electron chi connectivity index (χ4n) is 2.99. The molecule has 3 rings (SSSR count). The van der Waals surface area contributed by atoms with Gasteiger partial charge in [0.15, 0.2) is 5.69 Å². The van der Waals surface area contributed by atoms with Crippen molar-refractivity contribution in [2.75, 3.05) is 21.3 Å². The first kappa shape index (κ1) is 20.8. The van der Waals surface area contributed by atoms with Gasteiger partial charge in [-0.2, -0.15) is 10.2 Å². The van der Waals surface area contributed by atoms with Gasteiger partial charge in [0.1, 0.15) is 17.2 Å². The maximum Gasteiger partial charge on any atom is 0.292 e. The molecule has 0 aliphatic heterocycles. The van der Waals surface area contributed by atoms with Crippen LogP contribution in [0, 0.1) is 0 Å². The molecule has 0 atom stereocenters. The van der Waals surface area contributed by atoms with Gasteiger partial charge in [-0.3, -0.25) is 9.59 Å². The highest BCUT2D eigenvalue weighted by molar-refractivity contribution is 6.05. The summed E-state index contributed by atoms with van der Waals surface area (Å²) in [6.45, 7) is 2.12. The van der Waals surface area contributed by atoms with Crippen molar-refractivity contribution in [3.63, 3.8) is 0 Å². The molecular weight excluding hydrogens is 388 g/mol. The maximum absolute atomic E-state index is 12.8. The number of aryl methyl sites for hydroxylation is 1. The van der Waals surface area contributed by atoms with Crippen LogP contribution in [0.5, 0.6) is 17.2 Å². The molecule has 1 heterocycles. The molecule has 0 spiro atoms. The van der Waals surface area contributed by atoms with E-state index in [1.54, 1.807) is 43.3 Å². The summed E-state index contributed by atoms with van der Waals surface area (Å²) < 4.78 is 17.2. The Morgan fingerprint density at radius 2 is 1.73 bits per heavy atom. The molecule has 0 fully saturated rings. The molecule has 0 saturated heterocycles. The number of nitrogens with zero attached hydrogens (tertiary/aromatic N) is 3. The van der Waals surface area contributed by atoms with Crippen molar-refractivity contribution in [1.82, 2.24) is 15.2 Å². The second kappa shape index (κ2) is 9.08. The number of hydrogen-bond donors (Lipinski definition) is 1. The number of ether oxygens (including phenoxy) is 3. The SMILES string of the molecule is CCn1nc(C(=O)N/N=C/c2c(OC)cc(OC)cc2OC)c2ccccc2c1=O. The zero-order chi connectivity index (χ0) is 21.7. The zero-order valence-electron chi connectivity index (χ0n) is 17.1. The van der Waals surface area contributed by atoms with Gasteiger partial charge in [-0.15, -0.1) is 0 Å². The fourth-order valence-corrected chi connectivity index (χ4v) is 2.99. The molecule has 9 heteroatoms. The summed E-state index contributed by atoms with van der Waals surface area (Å²) in [5.74, 6) is 0.943. The average molecular weight is 410 g/mol. The smallest absolute Gasteiger partial charge is 0.292 e. The first-order valence-corrected chi connectivity index (χ1v) is 9.17. The van der Waals surface area contributed by atoms with Crippen LogP contribution in [0.15, 0.2) is 46.3 Å². The van der Waals surface area contributed by atoms with Crippen LogP contribution in [-0.4, -0.2) is 43.2 Å². The van der Waals surface area contributed by atoms with E-state index in [2.05, 4.69) is 15.6 Å². The Morgan fingerprint density at radius 3 is 2.30 bits per heavy atom. The van der Waals surface area contributed by atoms with E-state index in [1.165, 1.54) is 32.2 Å². The van der Waals surface area contributed by atoms with Gasteiger partial charge in [0.2, 0.25) is 0 Å². The monoisotopic (exact) mass is 410 g/mol. The minimum Gasteiger partial charge on any atom is -0.496 e. The van der Waals surface area contributed by atoms with Gasteiger partial charge in [-0.25, -0.2) is 10.1 Å². The summed E-state index contributed by atoms with van der Waals surface area (Å²) in [6, 6.07) is 10.2. The number of hydrogen-bond acceptors (Lipinski definition) is 7. The van der Waals surface area contributed by atoms with E-state index in [0.717, 1.165) is 0 Å². The van der Waals surface area contributed by atoms with Crippen molar-refractivity contribution >= 4 is 22.9 Å². The van der Waals surface area contributed by atoms with Crippen LogP contribution in [0.1, 0.15) is 23.0 Å². The van der Waals surface area contributed by atoms with Crippen molar-refractivity contribution in [3.05, 3.63) is 58.0 Å². The van der Waals surface area contributed by atoms with Crippen molar-refractivity contribution in [1.29, 1.82) is 0 Å². The van der Waals surface area contributed by atoms with E-state index < -0.39 is 5.91 Å². The molecule has 3 aromatic rings. The third-order valence-corrected chi connectivity index (χ3v) is 4.50. The Bertz CT molecular complexity index is 1140. The van der Waals surface area contributed by atoms with Crippen LogP contribution in [0.4, 0.5) is 0 Å². The Hall–Kier alpha value is -3.88. The largest absolute Gasteiger partial charge is 0.496 e. The van der Waals surface area contributed by atoms with E-state index in [0.29, 0.717) is 40.1 Å². The molecule has 0 aliphatic carbocycles. The molecule has 1 aromatic heterocycles. The Labute approximate surface area is 172 Å². The third kappa shape index (κ3) is 3.95. The van der Waals surface area contributed by atoms with Crippen LogP contribution in [0.25, 0.3) is 10.8 Å². The number of hydrazone groups is 1. The number of carbonyl (C=O) groups excluding carboxylic acids is 1. The summed E-state index contributed by atoms with van der Waals surface area (Å²) in [5, 5.41) is 9.09. The standard InChI is InChI=1S/C21H22N4O5/c1-5-25-21(27)15-9-7-6-8-14(15)19(24-25)20(26)23-22-12-16-17(29-3)10-13(28-2)11-18(16)30-4/h6-12H,5H2,1-4H3,(H,23,26)/b22-12+. The van der Waals surface area contributed by atoms with Crippen LogP contribution in [-0.2, 0) is 6.54 Å². The Morgan fingerprint density at radius 1 is 1.10 bits per heavy atom. The molecule has 0 radical (unpaired) electrons. The molecule has 0 bridgehead atoms. The summed E-state index contributed by atoms with van der Waals surface area (Å²) in [6.07, 6.45) is 1.41. The Kier molecular flexibility index (Phi) is 6.31. The molecule has 0 unspecified atom stereocenters. The van der Waals surface area contributed by atoms with Crippen molar-refractivity contribution < 1.29 is 19.0 Å². The molecule has 30 heavy (non-hydrogen) atoms. The van der Waals surface area contributed by atoms with Crippen LogP contribution < -0.4 is 25.2 Å². The van der Waals surface area contributed by atoms with Gasteiger partial charge in [0.25, 0.3) is 11.5 Å². The molecule has 0 aliphatic rings. The number of rotatable bonds is 7. The van der Waals surface area contributed by atoms with E-state index >= 15 is 0 Å². The van der Waals surface area contributed by atoms with Gasteiger partial charge < -0.3 is 14.2 Å². The predicted octanol–water partition coefficient (Wildman–Crippen LogP) is 2.21. The second-order valence-electron chi connectivity index (χ2n) is 6.16. The number of carbonyl (C=O) groups is 1. The van der Waals surface area contributed by atoms with Gasteiger partial charge >= 0.3 is 0 Å². The number of fused-ring (bicyclic) bond motifs is 1. The quantitative estimate of drug-likeness (QED) is 0.473. The molecular formula is C21H22N4O5. The number of nitrogens with one attached hydrogen (secondary N) is 1. The van der Waals surface area contributed by atoms with Crippen molar-refractivity contribution in [2.45, 2.75) is 13.5 Å². The average Bonchev–Trinajstić information content (AvgIpc) is 2.79. The normalized spacial score (nSPS) is 10.9. The summed E-state index contributed by atoms with van der Waals surface area (Å²) in [4.78, 5) is 25.2. The van der Waals surface area contributed by atoms with E-state index in [9.17, 15) is 9.59 Å². The highest BCUT2D eigenvalue weighted by Gasteiger charge is 2.16.